The van der Waals surface area contributed by atoms with Gasteiger partial charge in [-0.25, -0.2) is 0 Å². The topological polar surface area (TPSA) is 20.2 Å². The minimum atomic E-state index is -0.526. The van der Waals surface area contributed by atoms with Gasteiger partial charge in [-0.15, -0.1) is 0 Å². The normalized spacial score (nSPS) is 17.7. The van der Waals surface area contributed by atoms with Gasteiger partial charge in [0, 0.05) is 0 Å². The van der Waals surface area contributed by atoms with E-state index in [0.29, 0.717) is 10.0 Å². The van der Waals surface area contributed by atoms with Crippen molar-refractivity contribution >= 4 is 23.2 Å². The van der Waals surface area contributed by atoms with Crippen LogP contribution >= 0.6 is 23.2 Å². The van der Waals surface area contributed by atoms with Crippen LogP contribution in [0.4, 0.5) is 0 Å². The summed E-state index contributed by atoms with van der Waals surface area (Å²) >= 11 is 11.7. The highest BCUT2D eigenvalue weighted by molar-refractivity contribution is 6.42. The van der Waals surface area contributed by atoms with Crippen LogP contribution in [0.2, 0.25) is 10.0 Å². The highest BCUT2D eigenvalue weighted by atomic mass is 35.5. The lowest BCUT2D eigenvalue weighted by molar-refractivity contribution is 0.212. The second kappa shape index (κ2) is 4.56. The van der Waals surface area contributed by atoms with E-state index in [1.54, 1.807) is 12.1 Å². The third kappa shape index (κ3) is 2.36. The van der Waals surface area contributed by atoms with E-state index in [0.717, 1.165) is 30.4 Å². The number of aliphatic hydroxyl groups excluding tert-OH is 1. The first kappa shape index (κ1) is 11.0. The Labute approximate surface area is 99.3 Å². The zero-order valence-corrected chi connectivity index (χ0v) is 9.72. The molecule has 1 aromatic carbocycles. The van der Waals surface area contributed by atoms with Crippen LogP contribution in [-0.2, 0) is 0 Å². The van der Waals surface area contributed by atoms with Crippen LogP contribution in [0.25, 0.3) is 0 Å². The molecule has 1 unspecified atom stereocenters. The smallest absolute Gasteiger partial charge is 0.100 e. The average Bonchev–Trinajstić information content (AvgIpc) is 2.74. The molecule has 0 saturated heterocycles. The number of rotatable bonds is 2. The lowest BCUT2D eigenvalue weighted by Gasteiger charge is -2.12. The number of halogens is 2. The van der Waals surface area contributed by atoms with Gasteiger partial charge in [0.15, 0.2) is 0 Å². The summed E-state index contributed by atoms with van der Waals surface area (Å²) in [6, 6.07) is 5.27. The first-order valence-electron chi connectivity index (χ1n) is 5.00. The molecular formula is C12H12Cl2O. The van der Waals surface area contributed by atoms with Crippen LogP contribution in [0.15, 0.2) is 29.8 Å². The SMILES string of the molecule is OC(C1=CCCC1)c1ccc(Cl)c(Cl)c1. The van der Waals surface area contributed by atoms with Crippen molar-refractivity contribution in [3.8, 4) is 0 Å². The van der Waals surface area contributed by atoms with E-state index in [1.165, 1.54) is 0 Å². The minimum absolute atomic E-state index is 0.492. The van der Waals surface area contributed by atoms with Gasteiger partial charge in [-0.3, -0.25) is 0 Å². The molecule has 1 nitrogen and oxygen atoms in total. The zero-order valence-electron chi connectivity index (χ0n) is 8.21. The Morgan fingerprint density at radius 2 is 2.00 bits per heavy atom. The molecular weight excluding hydrogens is 231 g/mol. The van der Waals surface area contributed by atoms with Crippen LogP contribution in [0.3, 0.4) is 0 Å². The predicted molar refractivity (Wildman–Crippen MR) is 63.4 cm³/mol. The maximum atomic E-state index is 10.1. The fraction of sp³-hybridized carbons (Fsp3) is 0.333. The van der Waals surface area contributed by atoms with E-state index in [9.17, 15) is 5.11 Å². The third-order valence-electron chi connectivity index (χ3n) is 2.69. The number of hydrogen-bond donors (Lipinski definition) is 1. The Hall–Kier alpha value is -0.500. The molecule has 1 atom stereocenters. The molecule has 0 bridgehead atoms. The van der Waals surface area contributed by atoms with Gasteiger partial charge in [-0.2, -0.15) is 0 Å². The summed E-state index contributed by atoms with van der Waals surface area (Å²) < 4.78 is 0. The number of allylic oxidation sites excluding steroid dienone is 1. The van der Waals surface area contributed by atoms with Gasteiger partial charge in [0.25, 0.3) is 0 Å². The number of aliphatic hydroxyl groups is 1. The van der Waals surface area contributed by atoms with Gasteiger partial charge in [-0.05, 0) is 42.5 Å². The minimum Gasteiger partial charge on any atom is -0.384 e. The fourth-order valence-electron chi connectivity index (χ4n) is 1.84. The molecule has 80 valence electrons. The van der Waals surface area contributed by atoms with Crippen LogP contribution in [0.1, 0.15) is 30.9 Å². The van der Waals surface area contributed by atoms with Gasteiger partial charge < -0.3 is 5.11 Å². The molecule has 1 N–H and O–H groups in total. The van der Waals surface area contributed by atoms with E-state index in [-0.39, 0.29) is 0 Å². The highest BCUT2D eigenvalue weighted by Crippen LogP contribution is 2.33. The molecule has 0 spiro atoms. The molecule has 3 heteroatoms. The molecule has 15 heavy (non-hydrogen) atoms. The summed E-state index contributed by atoms with van der Waals surface area (Å²) in [6.07, 6.45) is 4.75. The lowest BCUT2D eigenvalue weighted by atomic mass is 10.0. The van der Waals surface area contributed by atoms with Crippen molar-refractivity contribution in [1.29, 1.82) is 0 Å². The third-order valence-corrected chi connectivity index (χ3v) is 3.43. The first-order valence-corrected chi connectivity index (χ1v) is 5.76. The molecule has 0 aliphatic heterocycles. The van der Waals surface area contributed by atoms with E-state index >= 15 is 0 Å². The van der Waals surface area contributed by atoms with Gasteiger partial charge in [0.1, 0.15) is 6.10 Å². The van der Waals surface area contributed by atoms with Gasteiger partial charge in [-0.1, -0.05) is 35.3 Å². The van der Waals surface area contributed by atoms with E-state index in [4.69, 9.17) is 23.2 Å². The molecule has 1 aliphatic rings. The number of hydrogen-bond acceptors (Lipinski definition) is 1. The van der Waals surface area contributed by atoms with Crippen LogP contribution in [0, 0.1) is 0 Å². The van der Waals surface area contributed by atoms with E-state index in [1.807, 2.05) is 6.07 Å². The summed E-state index contributed by atoms with van der Waals surface area (Å²) in [5.74, 6) is 0. The summed E-state index contributed by atoms with van der Waals surface area (Å²) in [5.41, 5.74) is 1.91. The molecule has 0 aromatic heterocycles. The lowest BCUT2D eigenvalue weighted by Crippen LogP contribution is -1.99. The first-order chi connectivity index (χ1) is 7.18. The predicted octanol–water partition coefficient (Wildman–Crippen LogP) is 4.14. The quantitative estimate of drug-likeness (QED) is 0.774. The Morgan fingerprint density at radius 3 is 2.60 bits per heavy atom. The highest BCUT2D eigenvalue weighted by Gasteiger charge is 2.16. The van der Waals surface area contributed by atoms with Crippen molar-refractivity contribution in [2.24, 2.45) is 0 Å². The second-order valence-electron chi connectivity index (χ2n) is 3.75. The largest absolute Gasteiger partial charge is 0.384 e. The Balaban J connectivity index is 2.25. The maximum Gasteiger partial charge on any atom is 0.100 e. The maximum absolute atomic E-state index is 10.1. The van der Waals surface area contributed by atoms with E-state index in [2.05, 4.69) is 6.08 Å². The molecule has 0 amide bonds. The zero-order chi connectivity index (χ0) is 10.8. The van der Waals surface area contributed by atoms with Gasteiger partial charge in [0.2, 0.25) is 0 Å². The van der Waals surface area contributed by atoms with Crippen LogP contribution in [0.5, 0.6) is 0 Å². The Bertz CT molecular complexity index is 399. The Kier molecular flexibility index (Phi) is 3.35. The molecule has 1 aromatic rings. The molecule has 0 saturated carbocycles. The monoisotopic (exact) mass is 242 g/mol. The fourth-order valence-corrected chi connectivity index (χ4v) is 2.15. The van der Waals surface area contributed by atoms with Crippen molar-refractivity contribution in [2.75, 3.05) is 0 Å². The van der Waals surface area contributed by atoms with Crippen LogP contribution < -0.4 is 0 Å². The summed E-state index contributed by atoms with van der Waals surface area (Å²) in [7, 11) is 0. The summed E-state index contributed by atoms with van der Waals surface area (Å²) in [5, 5.41) is 11.1. The molecule has 2 rings (SSSR count). The molecule has 0 radical (unpaired) electrons. The van der Waals surface area contributed by atoms with Crippen molar-refractivity contribution in [1.82, 2.24) is 0 Å². The van der Waals surface area contributed by atoms with E-state index < -0.39 is 6.10 Å². The van der Waals surface area contributed by atoms with Gasteiger partial charge in [0.05, 0.1) is 10.0 Å². The van der Waals surface area contributed by atoms with Crippen molar-refractivity contribution in [3.63, 3.8) is 0 Å². The summed E-state index contributed by atoms with van der Waals surface area (Å²) in [4.78, 5) is 0. The second-order valence-corrected chi connectivity index (χ2v) is 4.56. The number of benzene rings is 1. The molecule has 0 fully saturated rings. The van der Waals surface area contributed by atoms with Gasteiger partial charge >= 0.3 is 0 Å². The van der Waals surface area contributed by atoms with Crippen molar-refractivity contribution in [2.45, 2.75) is 25.4 Å². The van der Waals surface area contributed by atoms with Crippen molar-refractivity contribution in [3.05, 3.63) is 45.5 Å². The standard InChI is InChI=1S/C12H12Cl2O/c13-10-6-5-9(7-11(10)14)12(15)8-3-1-2-4-8/h3,5-7,12,15H,1-2,4H2. The van der Waals surface area contributed by atoms with Crippen molar-refractivity contribution < 1.29 is 5.11 Å². The Morgan fingerprint density at radius 1 is 1.20 bits per heavy atom. The molecule has 1 aliphatic carbocycles. The van der Waals surface area contributed by atoms with Crippen LogP contribution in [-0.4, -0.2) is 5.11 Å². The molecule has 0 heterocycles. The summed E-state index contributed by atoms with van der Waals surface area (Å²) in [6.45, 7) is 0. The average molecular weight is 243 g/mol.